The van der Waals surface area contributed by atoms with Crippen LogP contribution < -0.4 is 0 Å². The minimum Gasteiger partial charge on any atom is -0.246 e. The third kappa shape index (κ3) is 5.53. The van der Waals surface area contributed by atoms with Gasteiger partial charge in [-0.3, -0.25) is 0 Å². The Morgan fingerprint density at radius 2 is 2.17 bits per heavy atom. The van der Waals surface area contributed by atoms with Crippen molar-refractivity contribution < 1.29 is 0 Å². The van der Waals surface area contributed by atoms with E-state index < -0.39 is 0 Å². The van der Waals surface area contributed by atoms with Crippen molar-refractivity contribution in [1.82, 2.24) is 0 Å². The maximum Gasteiger partial charge on any atom is 0.129 e. The third-order valence-electron chi connectivity index (χ3n) is 1.12. The number of rotatable bonds is 4. The molecule has 0 aliphatic rings. The summed E-state index contributed by atoms with van der Waals surface area (Å²) in [6, 6.07) is 0. The van der Waals surface area contributed by atoms with Gasteiger partial charge in [-0.2, -0.15) is 0 Å². The zero-order valence-electron chi connectivity index (χ0n) is 7.70. The van der Waals surface area contributed by atoms with Crippen LogP contribution in [0.4, 0.5) is 0 Å². The molecule has 3 heteroatoms. The molecule has 0 aliphatic carbocycles. The molecular formula is C9H15N3. The second-order valence-electron chi connectivity index (χ2n) is 2.07. The molecule has 0 heterocycles. The molecule has 0 aromatic heterocycles. The van der Waals surface area contributed by atoms with Crippen molar-refractivity contribution >= 4 is 18.4 Å². The molecule has 0 atom stereocenters. The molecule has 0 radical (unpaired) electrons. The Morgan fingerprint density at radius 1 is 1.42 bits per heavy atom. The molecule has 0 N–H and O–H groups in total. The van der Waals surface area contributed by atoms with Crippen LogP contribution in [0.1, 0.15) is 26.7 Å². The Labute approximate surface area is 73.7 Å². The fourth-order valence-electron chi connectivity index (χ4n) is 0.560. The highest BCUT2D eigenvalue weighted by molar-refractivity contribution is 5.93. The Hall–Kier alpha value is -1.25. The fourth-order valence-corrected chi connectivity index (χ4v) is 0.560. The summed E-state index contributed by atoms with van der Waals surface area (Å²) in [5.41, 5.74) is 0. The van der Waals surface area contributed by atoms with Crippen LogP contribution in [0.5, 0.6) is 0 Å². The van der Waals surface area contributed by atoms with Crippen LogP contribution in [0, 0.1) is 0 Å². The topological polar surface area (TPSA) is 37.1 Å². The Balaban J connectivity index is 4.12. The predicted octanol–water partition coefficient (Wildman–Crippen LogP) is 2.45. The first-order valence-corrected chi connectivity index (χ1v) is 4.06. The number of hydrogen-bond donors (Lipinski definition) is 0. The number of hydrogen-bond acceptors (Lipinski definition) is 1. The highest BCUT2D eigenvalue weighted by Gasteiger charge is 1.86. The summed E-state index contributed by atoms with van der Waals surface area (Å²) in [6.45, 7) is 7.48. The molecule has 0 spiro atoms. The molecule has 0 unspecified atom stereocenters. The molecule has 0 aromatic carbocycles. The highest BCUT2D eigenvalue weighted by Crippen LogP contribution is 1.87. The standard InChI is InChI=1S/C9H15N3/c1-4-7-11-9(5-2)12-8-10-6-3/h6-8H,3-5H2,1-2H3. The molecule has 0 rings (SSSR count). The fraction of sp³-hybridized carbons (Fsp3) is 0.444. The van der Waals surface area contributed by atoms with E-state index in [1.807, 2.05) is 20.1 Å². The van der Waals surface area contributed by atoms with E-state index in [-0.39, 0.29) is 0 Å². The van der Waals surface area contributed by atoms with Gasteiger partial charge in [0, 0.05) is 18.8 Å². The van der Waals surface area contributed by atoms with Gasteiger partial charge in [0.1, 0.15) is 12.2 Å². The van der Waals surface area contributed by atoms with E-state index in [0.29, 0.717) is 0 Å². The number of nitrogens with zero attached hydrogens (tertiary/aromatic N) is 3. The van der Waals surface area contributed by atoms with E-state index in [1.54, 1.807) is 0 Å². The summed E-state index contributed by atoms with van der Waals surface area (Å²) in [4.78, 5) is 11.9. The minimum atomic E-state index is 0.794. The summed E-state index contributed by atoms with van der Waals surface area (Å²) in [7, 11) is 0. The Kier molecular flexibility index (Phi) is 7.03. The van der Waals surface area contributed by atoms with Crippen LogP contribution in [-0.2, 0) is 0 Å². The van der Waals surface area contributed by atoms with Gasteiger partial charge in [-0.05, 0) is 6.42 Å². The first-order chi connectivity index (χ1) is 5.85. The van der Waals surface area contributed by atoms with Crippen LogP contribution in [0.2, 0.25) is 0 Å². The molecule has 0 bridgehead atoms. The molecule has 0 aromatic rings. The average Bonchev–Trinajstić information content (AvgIpc) is 2.11. The normalized spacial score (nSPS) is 13.0. The van der Waals surface area contributed by atoms with Gasteiger partial charge in [-0.15, -0.1) is 0 Å². The van der Waals surface area contributed by atoms with E-state index in [0.717, 1.165) is 18.7 Å². The van der Waals surface area contributed by atoms with Crippen LogP contribution in [0.3, 0.4) is 0 Å². The minimum absolute atomic E-state index is 0.794. The van der Waals surface area contributed by atoms with E-state index in [9.17, 15) is 0 Å². The van der Waals surface area contributed by atoms with Gasteiger partial charge in [0.25, 0.3) is 0 Å². The molecule has 3 nitrogen and oxygen atoms in total. The van der Waals surface area contributed by atoms with Crippen molar-refractivity contribution in [1.29, 1.82) is 0 Å². The average molecular weight is 165 g/mol. The van der Waals surface area contributed by atoms with Gasteiger partial charge in [-0.1, -0.05) is 20.4 Å². The van der Waals surface area contributed by atoms with Gasteiger partial charge in [0.2, 0.25) is 0 Å². The van der Waals surface area contributed by atoms with E-state index >= 15 is 0 Å². The van der Waals surface area contributed by atoms with Crippen molar-refractivity contribution in [2.75, 3.05) is 0 Å². The molecule has 0 aliphatic heterocycles. The lowest BCUT2D eigenvalue weighted by atomic mass is 10.4. The lowest BCUT2D eigenvalue weighted by molar-refractivity contribution is 1.24. The van der Waals surface area contributed by atoms with Crippen molar-refractivity contribution in [2.45, 2.75) is 26.7 Å². The van der Waals surface area contributed by atoms with Crippen LogP contribution in [-0.4, -0.2) is 18.4 Å². The zero-order chi connectivity index (χ0) is 9.23. The van der Waals surface area contributed by atoms with Gasteiger partial charge in [0.15, 0.2) is 0 Å². The maximum absolute atomic E-state index is 4.13. The van der Waals surface area contributed by atoms with E-state index in [2.05, 4.69) is 21.6 Å². The SMILES string of the molecule is C=CN=CN=C(CC)N=CCC. The number of aliphatic imine (C=N–C) groups is 3. The maximum atomic E-state index is 4.13. The first-order valence-electron chi connectivity index (χ1n) is 4.06. The zero-order valence-corrected chi connectivity index (χ0v) is 7.70. The molecule has 0 saturated heterocycles. The van der Waals surface area contributed by atoms with Gasteiger partial charge < -0.3 is 0 Å². The van der Waals surface area contributed by atoms with Crippen molar-refractivity contribution in [2.24, 2.45) is 15.0 Å². The summed E-state index contributed by atoms with van der Waals surface area (Å²) < 4.78 is 0. The molecule has 12 heavy (non-hydrogen) atoms. The van der Waals surface area contributed by atoms with Crippen molar-refractivity contribution in [3.05, 3.63) is 12.8 Å². The van der Waals surface area contributed by atoms with Crippen LogP contribution >= 0.6 is 0 Å². The quantitative estimate of drug-likeness (QED) is 0.453. The lowest BCUT2D eigenvalue weighted by Crippen LogP contribution is -1.91. The van der Waals surface area contributed by atoms with Crippen LogP contribution in [0.25, 0.3) is 0 Å². The second-order valence-corrected chi connectivity index (χ2v) is 2.07. The summed E-state index contributed by atoms with van der Waals surface area (Å²) in [5.74, 6) is 0.794. The highest BCUT2D eigenvalue weighted by atomic mass is 14.9. The van der Waals surface area contributed by atoms with Gasteiger partial charge in [0.05, 0.1) is 0 Å². The molecular weight excluding hydrogens is 150 g/mol. The predicted molar refractivity (Wildman–Crippen MR) is 55.2 cm³/mol. The molecule has 0 amide bonds. The smallest absolute Gasteiger partial charge is 0.129 e. The van der Waals surface area contributed by atoms with E-state index in [4.69, 9.17) is 0 Å². The summed E-state index contributed by atoms with van der Waals surface area (Å²) in [5, 5.41) is 0. The lowest BCUT2D eigenvalue weighted by Gasteiger charge is -1.90. The Morgan fingerprint density at radius 3 is 2.67 bits per heavy atom. The van der Waals surface area contributed by atoms with Crippen molar-refractivity contribution in [3.63, 3.8) is 0 Å². The largest absolute Gasteiger partial charge is 0.246 e. The molecule has 0 saturated carbocycles. The molecule has 66 valence electrons. The first kappa shape index (κ1) is 10.8. The Bertz CT molecular complexity index is 202. The van der Waals surface area contributed by atoms with Gasteiger partial charge in [-0.25, -0.2) is 15.0 Å². The van der Waals surface area contributed by atoms with Crippen molar-refractivity contribution in [3.8, 4) is 0 Å². The molecule has 0 fully saturated rings. The van der Waals surface area contributed by atoms with Gasteiger partial charge >= 0.3 is 0 Å². The second kappa shape index (κ2) is 7.85. The van der Waals surface area contributed by atoms with E-state index in [1.165, 1.54) is 12.5 Å². The van der Waals surface area contributed by atoms with Crippen LogP contribution in [0.15, 0.2) is 27.8 Å². The number of amidine groups is 1. The summed E-state index contributed by atoms with van der Waals surface area (Å²) in [6.07, 6.45) is 6.49. The summed E-state index contributed by atoms with van der Waals surface area (Å²) >= 11 is 0. The third-order valence-corrected chi connectivity index (χ3v) is 1.12. The monoisotopic (exact) mass is 165 g/mol.